The van der Waals surface area contributed by atoms with E-state index in [-0.39, 0.29) is 11.3 Å². The maximum Gasteiger partial charge on any atom is 0.0927 e. The topological polar surface area (TPSA) is 20.2 Å². The van der Waals surface area contributed by atoms with Crippen LogP contribution in [0.5, 0.6) is 0 Å². The Bertz CT molecular complexity index is 439. The van der Waals surface area contributed by atoms with Crippen molar-refractivity contribution in [2.75, 3.05) is 0 Å². The van der Waals surface area contributed by atoms with Crippen LogP contribution in [0.2, 0.25) is 5.02 Å². The number of aryl methyl sites for hydroxylation is 1. The number of hydrogen-bond acceptors (Lipinski definition) is 1. The highest BCUT2D eigenvalue weighted by Gasteiger charge is 2.48. The fourth-order valence-electron chi connectivity index (χ4n) is 3.22. The summed E-state index contributed by atoms with van der Waals surface area (Å²) in [6.07, 6.45) is 1.86. The predicted octanol–water partition coefficient (Wildman–Crippen LogP) is 4.29. The van der Waals surface area contributed by atoms with Crippen molar-refractivity contribution in [2.24, 2.45) is 11.3 Å². The molecular formula is C15H21ClO. The molecule has 0 aliphatic heterocycles. The van der Waals surface area contributed by atoms with E-state index in [9.17, 15) is 5.11 Å². The van der Waals surface area contributed by atoms with Crippen LogP contribution >= 0.6 is 11.6 Å². The van der Waals surface area contributed by atoms with Crippen LogP contribution in [0.15, 0.2) is 18.2 Å². The molecule has 0 saturated heterocycles. The van der Waals surface area contributed by atoms with Gasteiger partial charge in [-0.15, -0.1) is 0 Å². The van der Waals surface area contributed by atoms with Crippen molar-refractivity contribution in [3.05, 3.63) is 34.3 Å². The zero-order valence-electron chi connectivity index (χ0n) is 11.0. The van der Waals surface area contributed by atoms with Gasteiger partial charge in [0.1, 0.15) is 0 Å². The minimum absolute atomic E-state index is 0.200. The van der Waals surface area contributed by atoms with E-state index in [2.05, 4.69) is 20.8 Å². The second kappa shape index (κ2) is 4.00. The molecule has 1 nitrogen and oxygen atoms in total. The molecule has 1 aliphatic carbocycles. The van der Waals surface area contributed by atoms with E-state index in [1.54, 1.807) is 0 Å². The maximum absolute atomic E-state index is 10.9. The van der Waals surface area contributed by atoms with Crippen LogP contribution in [0.4, 0.5) is 0 Å². The van der Waals surface area contributed by atoms with E-state index < -0.39 is 5.60 Å². The summed E-state index contributed by atoms with van der Waals surface area (Å²) in [6, 6.07) is 5.93. The zero-order valence-corrected chi connectivity index (χ0v) is 11.8. The Morgan fingerprint density at radius 2 is 2.00 bits per heavy atom. The highest BCUT2D eigenvalue weighted by atomic mass is 35.5. The van der Waals surface area contributed by atoms with E-state index in [1.165, 1.54) is 0 Å². The summed E-state index contributed by atoms with van der Waals surface area (Å²) in [5.41, 5.74) is 1.50. The zero-order chi connectivity index (χ0) is 12.8. The van der Waals surface area contributed by atoms with Crippen molar-refractivity contribution < 1.29 is 5.11 Å². The number of halogens is 1. The van der Waals surface area contributed by atoms with Crippen LogP contribution in [0.25, 0.3) is 0 Å². The average Bonchev–Trinajstić information content (AvgIpc) is 2.41. The summed E-state index contributed by atoms with van der Waals surface area (Å²) in [5, 5.41) is 11.7. The summed E-state index contributed by atoms with van der Waals surface area (Å²) < 4.78 is 0. The van der Waals surface area contributed by atoms with Crippen LogP contribution in [-0.4, -0.2) is 5.11 Å². The molecule has 94 valence electrons. The van der Waals surface area contributed by atoms with E-state index >= 15 is 0 Å². The lowest BCUT2D eigenvalue weighted by Gasteiger charge is -2.29. The Hall–Kier alpha value is -0.530. The second-order valence-corrected chi connectivity index (χ2v) is 6.74. The number of hydrogen-bond donors (Lipinski definition) is 1. The first-order valence-electron chi connectivity index (χ1n) is 6.24. The molecule has 1 saturated carbocycles. The third-order valence-electron chi connectivity index (χ3n) is 4.09. The van der Waals surface area contributed by atoms with Gasteiger partial charge in [-0.25, -0.2) is 0 Å². The third-order valence-corrected chi connectivity index (χ3v) is 4.50. The molecule has 17 heavy (non-hydrogen) atoms. The SMILES string of the molecule is Cc1ccc(C2(O)CC(C)(C)CC2C)cc1Cl. The first-order valence-corrected chi connectivity index (χ1v) is 6.61. The van der Waals surface area contributed by atoms with E-state index in [0.29, 0.717) is 0 Å². The molecule has 0 aromatic heterocycles. The molecule has 1 N–H and O–H groups in total. The quantitative estimate of drug-likeness (QED) is 0.791. The Labute approximate surface area is 109 Å². The Kier molecular flexibility index (Phi) is 3.04. The van der Waals surface area contributed by atoms with Crippen LogP contribution in [0.1, 0.15) is 44.7 Å². The van der Waals surface area contributed by atoms with Gasteiger partial charge in [0.05, 0.1) is 5.60 Å². The monoisotopic (exact) mass is 252 g/mol. The van der Waals surface area contributed by atoms with Gasteiger partial charge < -0.3 is 5.11 Å². The third kappa shape index (κ3) is 2.23. The number of aliphatic hydroxyl groups is 1. The van der Waals surface area contributed by atoms with Crippen molar-refractivity contribution in [1.29, 1.82) is 0 Å². The van der Waals surface area contributed by atoms with E-state index in [1.807, 2.05) is 25.1 Å². The van der Waals surface area contributed by atoms with Gasteiger partial charge in [-0.2, -0.15) is 0 Å². The molecule has 0 heterocycles. The summed E-state index contributed by atoms with van der Waals surface area (Å²) in [6.45, 7) is 8.55. The molecule has 2 unspecified atom stereocenters. The minimum Gasteiger partial charge on any atom is -0.385 e. The summed E-state index contributed by atoms with van der Waals surface area (Å²) in [4.78, 5) is 0. The fourth-order valence-corrected chi connectivity index (χ4v) is 3.40. The van der Waals surface area contributed by atoms with Crippen molar-refractivity contribution >= 4 is 11.6 Å². The smallest absolute Gasteiger partial charge is 0.0927 e. The minimum atomic E-state index is -0.721. The van der Waals surface area contributed by atoms with Crippen LogP contribution in [0, 0.1) is 18.3 Å². The molecule has 0 amide bonds. The predicted molar refractivity (Wildman–Crippen MR) is 72.3 cm³/mol. The van der Waals surface area contributed by atoms with Gasteiger partial charge in [-0.1, -0.05) is 44.5 Å². The van der Waals surface area contributed by atoms with E-state index in [4.69, 9.17) is 11.6 Å². The average molecular weight is 253 g/mol. The molecular weight excluding hydrogens is 232 g/mol. The molecule has 1 aliphatic rings. The second-order valence-electron chi connectivity index (χ2n) is 6.33. The summed E-state index contributed by atoms with van der Waals surface area (Å²) in [5.74, 6) is 0.274. The lowest BCUT2D eigenvalue weighted by molar-refractivity contribution is -0.000842. The fraction of sp³-hybridized carbons (Fsp3) is 0.600. The normalized spacial score (nSPS) is 31.8. The Morgan fingerprint density at radius 3 is 2.47 bits per heavy atom. The first-order chi connectivity index (χ1) is 7.74. The number of benzene rings is 1. The van der Waals surface area contributed by atoms with E-state index in [0.717, 1.165) is 29.0 Å². The standard InChI is InChI=1S/C15H21ClO/c1-10-5-6-12(7-13(10)16)15(17)9-14(3,4)8-11(15)2/h5-7,11,17H,8-9H2,1-4H3. The van der Waals surface area contributed by atoms with Crippen molar-refractivity contribution in [2.45, 2.75) is 46.1 Å². The highest BCUT2D eigenvalue weighted by Crippen LogP contribution is 2.52. The van der Waals surface area contributed by atoms with Crippen LogP contribution in [-0.2, 0) is 5.60 Å². The summed E-state index contributed by atoms with van der Waals surface area (Å²) >= 11 is 6.16. The van der Waals surface area contributed by atoms with Gasteiger partial charge >= 0.3 is 0 Å². The van der Waals surface area contributed by atoms with Crippen molar-refractivity contribution in [1.82, 2.24) is 0 Å². The molecule has 1 fully saturated rings. The molecule has 1 aromatic carbocycles. The molecule has 0 spiro atoms. The molecule has 0 radical (unpaired) electrons. The van der Waals surface area contributed by atoms with Gasteiger partial charge in [-0.3, -0.25) is 0 Å². The van der Waals surface area contributed by atoms with Crippen LogP contribution < -0.4 is 0 Å². The Balaban J connectivity index is 2.42. The van der Waals surface area contributed by atoms with Crippen LogP contribution in [0.3, 0.4) is 0 Å². The Morgan fingerprint density at radius 1 is 1.35 bits per heavy atom. The molecule has 2 rings (SSSR count). The highest BCUT2D eigenvalue weighted by molar-refractivity contribution is 6.31. The van der Waals surface area contributed by atoms with Crippen molar-refractivity contribution in [3.8, 4) is 0 Å². The van der Waals surface area contributed by atoms with Gasteiger partial charge in [-0.05, 0) is 48.3 Å². The van der Waals surface area contributed by atoms with Gasteiger partial charge in [0.15, 0.2) is 0 Å². The maximum atomic E-state index is 10.9. The van der Waals surface area contributed by atoms with Gasteiger partial charge in [0.2, 0.25) is 0 Å². The lowest BCUT2D eigenvalue weighted by atomic mass is 9.83. The van der Waals surface area contributed by atoms with Crippen molar-refractivity contribution in [3.63, 3.8) is 0 Å². The molecule has 1 aromatic rings. The lowest BCUT2D eigenvalue weighted by Crippen LogP contribution is -2.29. The van der Waals surface area contributed by atoms with Gasteiger partial charge in [0, 0.05) is 5.02 Å². The van der Waals surface area contributed by atoms with Gasteiger partial charge in [0.25, 0.3) is 0 Å². The molecule has 2 heteroatoms. The summed E-state index contributed by atoms with van der Waals surface area (Å²) in [7, 11) is 0. The first kappa shape index (κ1) is 12.9. The molecule has 0 bridgehead atoms. The largest absolute Gasteiger partial charge is 0.385 e. The molecule has 2 atom stereocenters. The number of rotatable bonds is 1.